The van der Waals surface area contributed by atoms with Crippen LogP contribution in [0.15, 0.2) is 48.7 Å². The summed E-state index contributed by atoms with van der Waals surface area (Å²) >= 11 is 0. The van der Waals surface area contributed by atoms with E-state index < -0.39 is 0 Å². The van der Waals surface area contributed by atoms with Crippen LogP contribution in [0.25, 0.3) is 5.69 Å². The Bertz CT molecular complexity index is 954. The molecule has 0 fully saturated rings. The van der Waals surface area contributed by atoms with Gasteiger partial charge in [-0.05, 0) is 49.9 Å². The van der Waals surface area contributed by atoms with Gasteiger partial charge in [0, 0.05) is 24.8 Å². The van der Waals surface area contributed by atoms with Crippen LogP contribution in [0.3, 0.4) is 0 Å². The van der Waals surface area contributed by atoms with E-state index in [-0.39, 0.29) is 5.82 Å². The minimum atomic E-state index is -0.266. The van der Waals surface area contributed by atoms with Crippen LogP contribution in [0.5, 0.6) is 11.5 Å². The van der Waals surface area contributed by atoms with Gasteiger partial charge in [-0.15, -0.1) is 0 Å². The third kappa shape index (κ3) is 3.95. The van der Waals surface area contributed by atoms with Crippen LogP contribution in [0.2, 0.25) is 0 Å². The van der Waals surface area contributed by atoms with Crippen LogP contribution in [0, 0.1) is 12.7 Å². The molecule has 0 bridgehead atoms. The zero-order chi connectivity index (χ0) is 18.8. The summed E-state index contributed by atoms with van der Waals surface area (Å²) in [5.74, 6) is 1.35. The van der Waals surface area contributed by atoms with E-state index in [1.807, 2.05) is 31.3 Å². The number of nitrogens with zero attached hydrogens (tertiary/aromatic N) is 3. The summed E-state index contributed by atoms with van der Waals surface area (Å²) in [6, 6.07) is 12.5. The van der Waals surface area contributed by atoms with Gasteiger partial charge < -0.3 is 9.47 Å². The van der Waals surface area contributed by atoms with Crippen LogP contribution >= 0.6 is 0 Å². The van der Waals surface area contributed by atoms with Gasteiger partial charge in [0.25, 0.3) is 0 Å². The SMILES string of the molecule is Cc1nn(-c2cccc(F)c2)cc1CN(C)Cc1ccc2c(c1)OCCO2. The van der Waals surface area contributed by atoms with Crippen molar-refractivity contribution in [3.8, 4) is 17.2 Å². The number of hydrogen-bond acceptors (Lipinski definition) is 4. The molecule has 0 saturated heterocycles. The molecule has 3 aromatic rings. The molecule has 140 valence electrons. The lowest BCUT2D eigenvalue weighted by molar-refractivity contribution is 0.171. The highest BCUT2D eigenvalue weighted by atomic mass is 19.1. The summed E-state index contributed by atoms with van der Waals surface area (Å²) in [6.45, 7) is 4.69. The highest BCUT2D eigenvalue weighted by molar-refractivity contribution is 5.43. The van der Waals surface area contributed by atoms with Crippen LogP contribution in [-0.2, 0) is 13.1 Å². The predicted molar refractivity (Wildman–Crippen MR) is 101 cm³/mol. The average Bonchev–Trinajstić information content (AvgIpc) is 3.02. The van der Waals surface area contributed by atoms with Crippen LogP contribution in [-0.4, -0.2) is 34.9 Å². The highest BCUT2D eigenvalue weighted by Crippen LogP contribution is 2.31. The molecule has 0 radical (unpaired) electrons. The predicted octanol–water partition coefficient (Wildman–Crippen LogP) is 3.72. The van der Waals surface area contributed by atoms with Crippen molar-refractivity contribution in [2.45, 2.75) is 20.0 Å². The van der Waals surface area contributed by atoms with Crippen LogP contribution < -0.4 is 9.47 Å². The molecule has 0 amide bonds. The number of aryl methyl sites for hydroxylation is 1. The molecule has 0 unspecified atom stereocenters. The van der Waals surface area contributed by atoms with Gasteiger partial charge in [-0.1, -0.05) is 12.1 Å². The average molecular weight is 367 g/mol. The van der Waals surface area contributed by atoms with Crippen molar-refractivity contribution in [2.75, 3.05) is 20.3 Å². The fourth-order valence-electron chi connectivity index (χ4n) is 3.25. The number of benzene rings is 2. The minimum Gasteiger partial charge on any atom is -0.486 e. The molecule has 0 saturated carbocycles. The van der Waals surface area contributed by atoms with Crippen molar-refractivity contribution in [3.63, 3.8) is 0 Å². The molecule has 6 heteroatoms. The number of ether oxygens (including phenoxy) is 2. The number of halogens is 1. The van der Waals surface area contributed by atoms with Crippen molar-refractivity contribution >= 4 is 0 Å². The number of aromatic nitrogens is 2. The lowest BCUT2D eigenvalue weighted by Gasteiger charge is -2.21. The Labute approximate surface area is 157 Å². The van der Waals surface area contributed by atoms with Crippen LogP contribution in [0.1, 0.15) is 16.8 Å². The zero-order valence-corrected chi connectivity index (χ0v) is 15.5. The Morgan fingerprint density at radius 3 is 2.70 bits per heavy atom. The van der Waals surface area contributed by atoms with Gasteiger partial charge in [0.05, 0.1) is 11.4 Å². The van der Waals surface area contributed by atoms with E-state index >= 15 is 0 Å². The first-order valence-corrected chi connectivity index (χ1v) is 8.96. The van der Waals surface area contributed by atoms with Crippen molar-refractivity contribution in [2.24, 2.45) is 0 Å². The van der Waals surface area contributed by atoms with E-state index in [9.17, 15) is 4.39 Å². The number of fused-ring (bicyclic) bond motifs is 1. The number of hydrogen-bond donors (Lipinski definition) is 0. The van der Waals surface area contributed by atoms with Gasteiger partial charge in [0.15, 0.2) is 11.5 Å². The van der Waals surface area contributed by atoms with Crippen LogP contribution in [0.4, 0.5) is 4.39 Å². The number of rotatable bonds is 5. The summed E-state index contributed by atoms with van der Waals surface area (Å²) in [7, 11) is 2.07. The molecule has 2 aromatic carbocycles. The van der Waals surface area contributed by atoms with Gasteiger partial charge in [0.1, 0.15) is 19.0 Å². The summed E-state index contributed by atoms with van der Waals surface area (Å²) < 4.78 is 26.4. The molecule has 1 aromatic heterocycles. The Kier molecular flexibility index (Phi) is 4.81. The maximum absolute atomic E-state index is 13.5. The van der Waals surface area contributed by atoms with Gasteiger partial charge >= 0.3 is 0 Å². The molecule has 1 aliphatic rings. The normalized spacial score (nSPS) is 13.2. The standard InChI is InChI=1S/C21H22FN3O2/c1-15-17(14-25(23-15)19-5-3-4-18(22)11-19)13-24(2)12-16-6-7-20-21(10-16)27-9-8-26-20/h3-7,10-11,14H,8-9,12-13H2,1-2H3. The van der Waals surface area contributed by atoms with Gasteiger partial charge in [-0.25, -0.2) is 9.07 Å². The lowest BCUT2D eigenvalue weighted by atomic mass is 10.1. The van der Waals surface area contributed by atoms with Gasteiger partial charge in [0.2, 0.25) is 0 Å². The molecule has 4 rings (SSSR count). The van der Waals surface area contributed by atoms with E-state index in [2.05, 4.69) is 23.1 Å². The molecule has 0 N–H and O–H groups in total. The van der Waals surface area contributed by atoms with E-state index in [1.54, 1.807) is 10.7 Å². The van der Waals surface area contributed by atoms with E-state index in [1.165, 1.54) is 12.1 Å². The van der Waals surface area contributed by atoms with Gasteiger partial charge in [-0.3, -0.25) is 4.90 Å². The second-order valence-corrected chi connectivity index (χ2v) is 6.81. The van der Waals surface area contributed by atoms with Crippen molar-refractivity contribution in [3.05, 3.63) is 71.3 Å². The van der Waals surface area contributed by atoms with E-state index in [0.29, 0.717) is 13.2 Å². The Morgan fingerprint density at radius 1 is 1.07 bits per heavy atom. The van der Waals surface area contributed by atoms with Crippen molar-refractivity contribution < 1.29 is 13.9 Å². The molecule has 27 heavy (non-hydrogen) atoms. The second kappa shape index (κ2) is 7.40. The summed E-state index contributed by atoms with van der Waals surface area (Å²) in [4.78, 5) is 2.21. The van der Waals surface area contributed by atoms with Crippen molar-refractivity contribution in [1.29, 1.82) is 0 Å². The molecule has 0 spiro atoms. The summed E-state index contributed by atoms with van der Waals surface area (Å²) in [5.41, 5.74) is 3.93. The monoisotopic (exact) mass is 367 g/mol. The summed E-state index contributed by atoms with van der Waals surface area (Å²) in [6.07, 6.45) is 1.96. The topological polar surface area (TPSA) is 39.5 Å². The lowest BCUT2D eigenvalue weighted by Crippen LogP contribution is -2.19. The Morgan fingerprint density at radius 2 is 1.89 bits per heavy atom. The molecule has 0 atom stereocenters. The summed E-state index contributed by atoms with van der Waals surface area (Å²) in [5, 5.41) is 4.53. The molecule has 0 aliphatic carbocycles. The van der Waals surface area contributed by atoms with Gasteiger partial charge in [-0.2, -0.15) is 5.10 Å². The quantitative estimate of drug-likeness (QED) is 0.689. The molecule has 1 aliphatic heterocycles. The highest BCUT2D eigenvalue weighted by Gasteiger charge is 2.14. The van der Waals surface area contributed by atoms with Crippen molar-refractivity contribution in [1.82, 2.24) is 14.7 Å². The second-order valence-electron chi connectivity index (χ2n) is 6.81. The first-order chi connectivity index (χ1) is 13.1. The third-order valence-corrected chi connectivity index (χ3v) is 4.57. The Hall–Kier alpha value is -2.86. The molecule has 2 heterocycles. The largest absolute Gasteiger partial charge is 0.486 e. The maximum atomic E-state index is 13.5. The third-order valence-electron chi connectivity index (χ3n) is 4.57. The molecular formula is C21H22FN3O2. The fraction of sp³-hybridized carbons (Fsp3) is 0.286. The molecular weight excluding hydrogens is 345 g/mol. The van der Waals surface area contributed by atoms with E-state index in [4.69, 9.17) is 9.47 Å². The maximum Gasteiger partial charge on any atom is 0.161 e. The Balaban J connectivity index is 1.46. The molecule has 5 nitrogen and oxygen atoms in total. The zero-order valence-electron chi connectivity index (χ0n) is 15.5. The first-order valence-electron chi connectivity index (χ1n) is 8.96. The van der Waals surface area contributed by atoms with E-state index in [0.717, 1.165) is 47.1 Å². The smallest absolute Gasteiger partial charge is 0.161 e. The minimum absolute atomic E-state index is 0.266. The fourth-order valence-corrected chi connectivity index (χ4v) is 3.25. The first kappa shape index (κ1) is 17.5.